The lowest BCUT2D eigenvalue weighted by molar-refractivity contribution is -0.136. The fraction of sp³-hybridized carbons (Fsp3) is 0.0385. The van der Waals surface area contributed by atoms with Crippen LogP contribution in [0.25, 0.3) is 32.6 Å². The fourth-order valence-corrected chi connectivity index (χ4v) is 4.70. The molecule has 0 unspecified atom stereocenters. The van der Waals surface area contributed by atoms with Crippen LogP contribution < -0.4 is 10.6 Å². The van der Waals surface area contributed by atoms with Gasteiger partial charge in [-0.05, 0) is 35.4 Å². The van der Waals surface area contributed by atoms with Crippen LogP contribution in [0.15, 0.2) is 84.6 Å². The SMILES string of the molecule is O=C(O)Cc1ccc(-c2csc3c(-c4ccc(NC(=O)Nc5ccccn5)cc4)ncnc23)cc1. The number of carboxylic acid groups (broad SMARTS) is 1. The van der Waals surface area contributed by atoms with Crippen LogP contribution in [0.3, 0.4) is 0 Å². The molecule has 0 aliphatic carbocycles. The maximum absolute atomic E-state index is 12.2. The Morgan fingerprint density at radius 2 is 1.63 bits per heavy atom. The second-order valence-corrected chi connectivity index (χ2v) is 8.57. The van der Waals surface area contributed by atoms with E-state index < -0.39 is 5.97 Å². The van der Waals surface area contributed by atoms with Gasteiger partial charge < -0.3 is 10.4 Å². The van der Waals surface area contributed by atoms with Gasteiger partial charge in [-0.1, -0.05) is 42.5 Å². The first-order valence-corrected chi connectivity index (χ1v) is 11.6. The Kier molecular flexibility index (Phi) is 6.15. The molecule has 2 amide bonds. The molecule has 5 aromatic rings. The lowest BCUT2D eigenvalue weighted by atomic mass is 10.0. The molecule has 0 bridgehead atoms. The van der Waals surface area contributed by atoms with Gasteiger partial charge in [-0.25, -0.2) is 19.7 Å². The second-order valence-electron chi connectivity index (χ2n) is 7.69. The van der Waals surface area contributed by atoms with Gasteiger partial charge in [0.05, 0.1) is 22.3 Å². The number of pyridine rings is 1. The molecule has 2 aromatic carbocycles. The number of nitrogens with zero attached hydrogens (tertiary/aromatic N) is 3. The Morgan fingerprint density at radius 1 is 0.857 bits per heavy atom. The molecule has 8 nitrogen and oxygen atoms in total. The van der Waals surface area contributed by atoms with Crippen LogP contribution in [0.1, 0.15) is 5.56 Å². The summed E-state index contributed by atoms with van der Waals surface area (Å²) < 4.78 is 0.950. The number of aliphatic carboxylic acids is 1. The number of anilines is 2. The molecule has 35 heavy (non-hydrogen) atoms. The summed E-state index contributed by atoms with van der Waals surface area (Å²) in [6.07, 6.45) is 3.14. The van der Waals surface area contributed by atoms with Gasteiger partial charge in [0.1, 0.15) is 12.1 Å². The van der Waals surface area contributed by atoms with Crippen molar-refractivity contribution in [2.24, 2.45) is 0 Å². The summed E-state index contributed by atoms with van der Waals surface area (Å²) in [7, 11) is 0. The van der Waals surface area contributed by atoms with Crippen molar-refractivity contribution in [1.82, 2.24) is 15.0 Å². The summed E-state index contributed by atoms with van der Waals surface area (Å²) >= 11 is 1.56. The molecule has 0 aliphatic heterocycles. The lowest BCUT2D eigenvalue weighted by Gasteiger charge is -2.08. The third-order valence-electron chi connectivity index (χ3n) is 5.30. The quantitative estimate of drug-likeness (QED) is 0.287. The number of carbonyl (C=O) groups excluding carboxylic acids is 1. The van der Waals surface area contributed by atoms with Crippen LogP contribution in [0, 0.1) is 0 Å². The fourth-order valence-electron chi connectivity index (χ4n) is 3.66. The standard InChI is InChI=1S/C26H19N5O3S/c32-22(33)13-16-4-6-17(7-5-16)20-14-35-25-23(28-15-29-24(20)25)18-8-10-19(11-9-18)30-26(34)31-21-3-1-2-12-27-21/h1-12,14-15H,13H2,(H,32,33)(H2,27,30,31,34). The zero-order valence-corrected chi connectivity index (χ0v) is 19.1. The number of benzene rings is 2. The molecule has 0 aliphatic rings. The molecular formula is C26H19N5O3S. The first-order valence-electron chi connectivity index (χ1n) is 10.7. The van der Waals surface area contributed by atoms with E-state index in [1.807, 2.05) is 53.9 Å². The third kappa shape index (κ3) is 4.99. The highest BCUT2D eigenvalue weighted by molar-refractivity contribution is 7.18. The number of rotatable bonds is 6. The van der Waals surface area contributed by atoms with E-state index in [-0.39, 0.29) is 12.5 Å². The highest BCUT2D eigenvalue weighted by atomic mass is 32.1. The molecule has 0 spiro atoms. The number of urea groups is 1. The summed E-state index contributed by atoms with van der Waals surface area (Å²) in [6, 6.07) is 19.8. The average Bonchev–Trinajstić information content (AvgIpc) is 3.30. The predicted molar refractivity (Wildman–Crippen MR) is 137 cm³/mol. The highest BCUT2D eigenvalue weighted by Crippen LogP contribution is 2.37. The predicted octanol–water partition coefficient (Wildman–Crippen LogP) is 5.69. The summed E-state index contributed by atoms with van der Waals surface area (Å²) in [5, 5.41) is 16.5. The number of hydrogen-bond donors (Lipinski definition) is 3. The van der Waals surface area contributed by atoms with Gasteiger partial charge in [0.25, 0.3) is 0 Å². The Labute approximate surface area is 204 Å². The minimum atomic E-state index is -0.855. The van der Waals surface area contributed by atoms with E-state index in [9.17, 15) is 9.59 Å². The van der Waals surface area contributed by atoms with Gasteiger partial charge >= 0.3 is 12.0 Å². The van der Waals surface area contributed by atoms with Crippen LogP contribution >= 0.6 is 11.3 Å². The van der Waals surface area contributed by atoms with E-state index in [4.69, 9.17) is 5.11 Å². The Bertz CT molecular complexity index is 1500. The maximum atomic E-state index is 12.2. The summed E-state index contributed by atoms with van der Waals surface area (Å²) in [6.45, 7) is 0. The number of amides is 2. The zero-order chi connectivity index (χ0) is 24.2. The van der Waals surface area contributed by atoms with E-state index in [0.29, 0.717) is 11.5 Å². The number of carboxylic acids is 1. The first kappa shape index (κ1) is 22.2. The molecule has 0 fully saturated rings. The van der Waals surface area contributed by atoms with Crippen LogP contribution in [0.2, 0.25) is 0 Å². The molecule has 3 aromatic heterocycles. The molecule has 3 N–H and O–H groups in total. The zero-order valence-electron chi connectivity index (χ0n) is 18.3. The van der Waals surface area contributed by atoms with Crippen LogP contribution in [-0.2, 0) is 11.2 Å². The number of fused-ring (bicyclic) bond motifs is 1. The van der Waals surface area contributed by atoms with Crippen molar-refractivity contribution < 1.29 is 14.7 Å². The molecule has 0 saturated heterocycles. The third-order valence-corrected chi connectivity index (χ3v) is 6.27. The van der Waals surface area contributed by atoms with E-state index in [2.05, 4.69) is 25.6 Å². The molecule has 0 atom stereocenters. The van der Waals surface area contributed by atoms with Crippen molar-refractivity contribution in [1.29, 1.82) is 0 Å². The Balaban J connectivity index is 1.36. The van der Waals surface area contributed by atoms with E-state index in [1.54, 1.807) is 42.1 Å². The highest BCUT2D eigenvalue weighted by Gasteiger charge is 2.14. The molecule has 0 saturated carbocycles. The van der Waals surface area contributed by atoms with Crippen molar-refractivity contribution >= 4 is 45.1 Å². The van der Waals surface area contributed by atoms with Crippen LogP contribution in [-0.4, -0.2) is 32.1 Å². The minimum absolute atomic E-state index is 0.00730. The van der Waals surface area contributed by atoms with Gasteiger partial charge in [-0.15, -0.1) is 11.3 Å². The molecular weight excluding hydrogens is 462 g/mol. The molecule has 9 heteroatoms. The van der Waals surface area contributed by atoms with Crippen molar-refractivity contribution in [2.75, 3.05) is 10.6 Å². The topological polar surface area (TPSA) is 117 Å². The number of nitrogens with one attached hydrogen (secondary N) is 2. The van der Waals surface area contributed by atoms with Gasteiger partial charge in [-0.3, -0.25) is 10.1 Å². The van der Waals surface area contributed by atoms with Gasteiger partial charge in [0.2, 0.25) is 0 Å². The number of thiophene rings is 1. The minimum Gasteiger partial charge on any atom is -0.481 e. The van der Waals surface area contributed by atoms with Gasteiger partial charge in [0, 0.05) is 28.4 Å². The second kappa shape index (κ2) is 9.70. The number of hydrogen-bond acceptors (Lipinski definition) is 6. The Morgan fingerprint density at radius 3 is 2.34 bits per heavy atom. The molecule has 3 heterocycles. The van der Waals surface area contributed by atoms with Crippen molar-refractivity contribution in [3.8, 4) is 22.4 Å². The van der Waals surface area contributed by atoms with Crippen molar-refractivity contribution in [2.45, 2.75) is 6.42 Å². The summed E-state index contributed by atoms with van der Waals surface area (Å²) in [5.41, 5.74) is 5.87. The van der Waals surface area contributed by atoms with Crippen LogP contribution in [0.4, 0.5) is 16.3 Å². The van der Waals surface area contributed by atoms with Crippen molar-refractivity contribution in [3.63, 3.8) is 0 Å². The normalized spacial score (nSPS) is 10.7. The number of aromatic nitrogens is 3. The monoisotopic (exact) mass is 481 g/mol. The van der Waals surface area contributed by atoms with Crippen LogP contribution in [0.5, 0.6) is 0 Å². The first-order chi connectivity index (χ1) is 17.1. The smallest absolute Gasteiger partial charge is 0.324 e. The van der Waals surface area contributed by atoms with E-state index >= 15 is 0 Å². The van der Waals surface area contributed by atoms with Gasteiger partial charge in [0.15, 0.2) is 0 Å². The maximum Gasteiger partial charge on any atom is 0.324 e. The van der Waals surface area contributed by atoms with Crippen molar-refractivity contribution in [3.05, 3.63) is 90.2 Å². The Hall–Kier alpha value is -4.63. The molecule has 5 rings (SSSR count). The lowest BCUT2D eigenvalue weighted by Crippen LogP contribution is -2.19. The average molecular weight is 482 g/mol. The van der Waals surface area contributed by atoms with E-state index in [1.165, 1.54) is 0 Å². The van der Waals surface area contributed by atoms with Gasteiger partial charge in [-0.2, -0.15) is 0 Å². The molecule has 0 radical (unpaired) electrons. The number of carbonyl (C=O) groups is 2. The summed E-state index contributed by atoms with van der Waals surface area (Å²) in [4.78, 5) is 36.2. The van der Waals surface area contributed by atoms with E-state index in [0.717, 1.165) is 38.2 Å². The summed E-state index contributed by atoms with van der Waals surface area (Å²) in [5.74, 6) is -0.388. The largest absolute Gasteiger partial charge is 0.481 e. The molecule has 172 valence electrons.